The van der Waals surface area contributed by atoms with Crippen LogP contribution in [0.3, 0.4) is 0 Å². The number of nitrogens with zero attached hydrogens (tertiary/aromatic N) is 1. The van der Waals surface area contributed by atoms with Crippen molar-refractivity contribution in [1.29, 1.82) is 0 Å². The average Bonchev–Trinajstić information content (AvgIpc) is 2.99. The Morgan fingerprint density at radius 3 is 2.87 bits per heavy atom. The predicted molar refractivity (Wildman–Crippen MR) is 60.7 cm³/mol. The summed E-state index contributed by atoms with van der Waals surface area (Å²) in [4.78, 5) is 10.3. The topological polar surface area (TPSA) is 55.2 Å². The molecule has 15 heavy (non-hydrogen) atoms. The van der Waals surface area contributed by atoms with Crippen molar-refractivity contribution in [2.24, 2.45) is 0 Å². The lowest BCUT2D eigenvalue weighted by Crippen LogP contribution is -2.15. The molecule has 0 aromatic heterocycles. The van der Waals surface area contributed by atoms with Crippen LogP contribution < -0.4 is 5.32 Å². The molecule has 0 unspecified atom stereocenters. The molecule has 0 radical (unpaired) electrons. The quantitative estimate of drug-likeness (QED) is 0.676. The SMILES string of the molecule is O=[N+]([O-])c1cccc(CNC2CC2)c1Br. The summed E-state index contributed by atoms with van der Waals surface area (Å²) >= 11 is 3.27. The van der Waals surface area contributed by atoms with E-state index >= 15 is 0 Å². The van der Waals surface area contributed by atoms with Crippen LogP contribution in [-0.4, -0.2) is 11.0 Å². The first kappa shape index (κ1) is 10.6. The van der Waals surface area contributed by atoms with Gasteiger partial charge in [0.05, 0.1) is 9.40 Å². The van der Waals surface area contributed by atoms with Gasteiger partial charge in [0, 0.05) is 18.7 Å². The van der Waals surface area contributed by atoms with Crippen LogP contribution in [0.4, 0.5) is 5.69 Å². The number of halogens is 1. The summed E-state index contributed by atoms with van der Waals surface area (Å²) in [5, 5.41) is 14.0. The fourth-order valence-corrected chi connectivity index (χ4v) is 1.93. The first-order valence-electron chi connectivity index (χ1n) is 4.83. The smallest absolute Gasteiger partial charge is 0.283 e. The van der Waals surface area contributed by atoms with E-state index in [0.29, 0.717) is 17.1 Å². The summed E-state index contributed by atoms with van der Waals surface area (Å²) in [5.41, 5.74) is 1.07. The van der Waals surface area contributed by atoms with Crippen molar-refractivity contribution in [3.8, 4) is 0 Å². The van der Waals surface area contributed by atoms with E-state index in [2.05, 4.69) is 21.2 Å². The first-order chi connectivity index (χ1) is 7.18. The number of hydrogen-bond donors (Lipinski definition) is 1. The van der Waals surface area contributed by atoms with Gasteiger partial charge in [-0.2, -0.15) is 0 Å². The van der Waals surface area contributed by atoms with Crippen LogP contribution in [0.2, 0.25) is 0 Å². The molecule has 1 aliphatic carbocycles. The molecule has 1 aromatic rings. The lowest BCUT2D eigenvalue weighted by Gasteiger charge is -2.05. The van der Waals surface area contributed by atoms with Gasteiger partial charge in [-0.1, -0.05) is 12.1 Å². The number of nitrogens with one attached hydrogen (secondary N) is 1. The van der Waals surface area contributed by atoms with Gasteiger partial charge in [-0.15, -0.1) is 0 Å². The van der Waals surface area contributed by atoms with E-state index in [1.165, 1.54) is 18.9 Å². The monoisotopic (exact) mass is 270 g/mol. The molecule has 0 aliphatic heterocycles. The molecule has 1 fully saturated rings. The van der Waals surface area contributed by atoms with Crippen LogP contribution in [-0.2, 0) is 6.54 Å². The van der Waals surface area contributed by atoms with Gasteiger partial charge in [-0.25, -0.2) is 0 Å². The predicted octanol–water partition coefficient (Wildman–Crippen LogP) is 2.61. The molecule has 0 saturated heterocycles. The second-order valence-electron chi connectivity index (χ2n) is 3.66. The first-order valence-corrected chi connectivity index (χ1v) is 5.63. The molecule has 5 heteroatoms. The number of nitro benzene ring substituents is 1. The molecule has 0 atom stereocenters. The summed E-state index contributed by atoms with van der Waals surface area (Å²) in [6.07, 6.45) is 2.43. The van der Waals surface area contributed by atoms with Gasteiger partial charge < -0.3 is 5.32 Å². The Morgan fingerprint density at radius 2 is 2.27 bits per heavy atom. The van der Waals surface area contributed by atoms with Crippen molar-refractivity contribution >= 4 is 21.6 Å². The molecule has 80 valence electrons. The van der Waals surface area contributed by atoms with E-state index in [9.17, 15) is 10.1 Å². The van der Waals surface area contributed by atoms with Crippen LogP contribution in [0, 0.1) is 10.1 Å². The van der Waals surface area contributed by atoms with Crippen molar-refractivity contribution in [2.75, 3.05) is 0 Å². The zero-order chi connectivity index (χ0) is 10.8. The fraction of sp³-hybridized carbons (Fsp3) is 0.400. The van der Waals surface area contributed by atoms with E-state index in [-0.39, 0.29) is 10.6 Å². The maximum atomic E-state index is 10.7. The summed E-state index contributed by atoms with van der Waals surface area (Å²) < 4.78 is 0.586. The minimum atomic E-state index is -0.370. The van der Waals surface area contributed by atoms with E-state index in [4.69, 9.17) is 0 Å². The number of rotatable bonds is 4. The van der Waals surface area contributed by atoms with Crippen LogP contribution in [0.1, 0.15) is 18.4 Å². The zero-order valence-electron chi connectivity index (χ0n) is 8.07. The summed E-state index contributed by atoms with van der Waals surface area (Å²) in [6, 6.07) is 5.72. The van der Waals surface area contributed by atoms with Crippen molar-refractivity contribution in [3.63, 3.8) is 0 Å². The van der Waals surface area contributed by atoms with Gasteiger partial charge in [0.1, 0.15) is 0 Å². The van der Waals surface area contributed by atoms with Crippen molar-refractivity contribution in [2.45, 2.75) is 25.4 Å². The van der Waals surface area contributed by atoms with Crippen LogP contribution in [0.5, 0.6) is 0 Å². The molecule has 0 bridgehead atoms. The Kier molecular flexibility index (Phi) is 3.02. The molecule has 2 rings (SSSR count). The van der Waals surface area contributed by atoms with E-state index in [1.807, 2.05) is 6.07 Å². The normalized spacial score (nSPS) is 15.3. The standard InChI is InChI=1S/C10H11BrN2O2/c11-10-7(6-12-8-4-5-8)2-1-3-9(10)13(14)15/h1-3,8,12H,4-6H2. The van der Waals surface area contributed by atoms with Gasteiger partial charge in [0.15, 0.2) is 0 Å². The van der Waals surface area contributed by atoms with Crippen molar-refractivity contribution in [3.05, 3.63) is 38.3 Å². The Balaban J connectivity index is 2.14. The molecular formula is C10H11BrN2O2. The van der Waals surface area contributed by atoms with Crippen LogP contribution in [0.25, 0.3) is 0 Å². The second kappa shape index (κ2) is 4.28. The average molecular weight is 271 g/mol. The highest BCUT2D eigenvalue weighted by Gasteiger charge is 2.21. The number of benzene rings is 1. The Morgan fingerprint density at radius 1 is 1.53 bits per heavy atom. The largest absolute Gasteiger partial charge is 0.310 e. The highest BCUT2D eigenvalue weighted by Crippen LogP contribution is 2.29. The van der Waals surface area contributed by atoms with E-state index in [0.717, 1.165) is 5.56 Å². The molecule has 1 aliphatic rings. The summed E-state index contributed by atoms with van der Waals surface area (Å²) in [7, 11) is 0. The maximum absolute atomic E-state index is 10.7. The third-order valence-electron chi connectivity index (χ3n) is 2.41. The van der Waals surface area contributed by atoms with E-state index in [1.54, 1.807) is 6.07 Å². The lowest BCUT2D eigenvalue weighted by molar-refractivity contribution is -0.385. The maximum Gasteiger partial charge on any atom is 0.283 e. The second-order valence-corrected chi connectivity index (χ2v) is 4.46. The van der Waals surface area contributed by atoms with Crippen LogP contribution in [0.15, 0.2) is 22.7 Å². The van der Waals surface area contributed by atoms with E-state index < -0.39 is 0 Å². The number of nitro groups is 1. The van der Waals surface area contributed by atoms with Gasteiger partial charge in [0.2, 0.25) is 0 Å². The molecule has 0 heterocycles. The van der Waals surface area contributed by atoms with Crippen LogP contribution >= 0.6 is 15.9 Å². The highest BCUT2D eigenvalue weighted by atomic mass is 79.9. The fourth-order valence-electron chi connectivity index (χ4n) is 1.39. The molecule has 1 aromatic carbocycles. The zero-order valence-corrected chi connectivity index (χ0v) is 9.66. The molecule has 0 spiro atoms. The molecule has 1 saturated carbocycles. The van der Waals surface area contributed by atoms with Crippen molar-refractivity contribution in [1.82, 2.24) is 5.32 Å². The third kappa shape index (κ3) is 2.54. The van der Waals surface area contributed by atoms with Crippen molar-refractivity contribution < 1.29 is 4.92 Å². The van der Waals surface area contributed by atoms with Gasteiger partial charge in [-0.3, -0.25) is 10.1 Å². The molecular weight excluding hydrogens is 260 g/mol. The van der Waals surface area contributed by atoms with Gasteiger partial charge in [0.25, 0.3) is 5.69 Å². The third-order valence-corrected chi connectivity index (χ3v) is 3.33. The summed E-state index contributed by atoms with van der Waals surface area (Å²) in [6.45, 7) is 0.687. The Hall–Kier alpha value is -0.940. The Bertz CT molecular complexity index is 391. The minimum absolute atomic E-state index is 0.130. The van der Waals surface area contributed by atoms with Gasteiger partial charge in [-0.05, 0) is 34.3 Å². The number of hydrogen-bond acceptors (Lipinski definition) is 3. The molecule has 1 N–H and O–H groups in total. The Labute approximate surface area is 96.0 Å². The summed E-state index contributed by atoms with van der Waals surface area (Å²) in [5.74, 6) is 0. The minimum Gasteiger partial charge on any atom is -0.310 e. The highest BCUT2D eigenvalue weighted by molar-refractivity contribution is 9.10. The lowest BCUT2D eigenvalue weighted by atomic mass is 10.2. The van der Waals surface area contributed by atoms with Gasteiger partial charge >= 0.3 is 0 Å². The molecule has 4 nitrogen and oxygen atoms in total. The molecule has 0 amide bonds.